The van der Waals surface area contributed by atoms with Crippen molar-refractivity contribution in [2.75, 3.05) is 26.2 Å². The molecule has 1 fully saturated rings. The zero-order valence-corrected chi connectivity index (χ0v) is 15.0. The summed E-state index contributed by atoms with van der Waals surface area (Å²) in [5.41, 5.74) is 0.602. The lowest BCUT2D eigenvalue weighted by atomic mass is 10.2. The molecule has 0 N–H and O–H groups in total. The molecule has 0 saturated carbocycles. The maximum absolute atomic E-state index is 13.8. The lowest BCUT2D eigenvalue weighted by Crippen LogP contribution is -2.50. The number of rotatable bonds is 4. The van der Waals surface area contributed by atoms with Crippen molar-refractivity contribution < 1.29 is 14.0 Å². The van der Waals surface area contributed by atoms with Crippen molar-refractivity contribution in [3.63, 3.8) is 0 Å². The van der Waals surface area contributed by atoms with Crippen LogP contribution in [0.3, 0.4) is 0 Å². The van der Waals surface area contributed by atoms with Gasteiger partial charge in [0.15, 0.2) is 0 Å². The number of thiophene rings is 1. The van der Waals surface area contributed by atoms with E-state index in [1.54, 1.807) is 24.0 Å². The highest BCUT2D eigenvalue weighted by Crippen LogP contribution is 2.30. The zero-order chi connectivity index (χ0) is 17.8. The first-order valence-corrected chi connectivity index (χ1v) is 9.23. The van der Waals surface area contributed by atoms with Gasteiger partial charge in [-0.25, -0.2) is 4.39 Å². The molecule has 4 nitrogen and oxygen atoms in total. The highest BCUT2D eigenvalue weighted by Gasteiger charge is 2.22. The van der Waals surface area contributed by atoms with Gasteiger partial charge in [-0.3, -0.25) is 9.59 Å². The highest BCUT2D eigenvalue weighted by atomic mass is 32.1. The van der Waals surface area contributed by atoms with Gasteiger partial charge >= 0.3 is 0 Å². The zero-order valence-electron chi connectivity index (χ0n) is 14.2. The molecule has 0 bridgehead atoms. The minimum absolute atomic E-state index is 0.0614. The van der Waals surface area contributed by atoms with Crippen molar-refractivity contribution in [1.82, 2.24) is 9.80 Å². The number of aryl methyl sites for hydroxylation is 1. The third kappa shape index (κ3) is 4.25. The summed E-state index contributed by atoms with van der Waals surface area (Å²) in [5.74, 6) is -0.0503. The van der Waals surface area contributed by atoms with Gasteiger partial charge in [0.2, 0.25) is 11.8 Å². The third-order valence-electron chi connectivity index (χ3n) is 4.46. The fourth-order valence-electron chi connectivity index (χ4n) is 2.98. The SMILES string of the molecule is CC(=O)N1CCN(C(=O)CCc2ccc(-c3ccccc3F)s2)CC1. The minimum Gasteiger partial charge on any atom is -0.339 e. The van der Waals surface area contributed by atoms with Crippen LogP contribution in [-0.4, -0.2) is 47.8 Å². The lowest BCUT2D eigenvalue weighted by Gasteiger charge is -2.34. The van der Waals surface area contributed by atoms with Crippen molar-refractivity contribution in [1.29, 1.82) is 0 Å². The van der Waals surface area contributed by atoms with E-state index in [-0.39, 0.29) is 17.6 Å². The van der Waals surface area contributed by atoms with Crippen molar-refractivity contribution in [2.45, 2.75) is 19.8 Å². The number of hydrogen-bond donors (Lipinski definition) is 0. The summed E-state index contributed by atoms with van der Waals surface area (Å²) in [6.45, 7) is 3.98. The van der Waals surface area contributed by atoms with Crippen LogP contribution < -0.4 is 0 Å². The largest absolute Gasteiger partial charge is 0.339 e. The summed E-state index contributed by atoms with van der Waals surface area (Å²) in [5, 5.41) is 0. The molecule has 1 saturated heterocycles. The van der Waals surface area contributed by atoms with Gasteiger partial charge in [-0.2, -0.15) is 0 Å². The van der Waals surface area contributed by atoms with Crippen molar-refractivity contribution >= 4 is 23.2 Å². The van der Waals surface area contributed by atoms with Crippen LogP contribution in [-0.2, 0) is 16.0 Å². The molecule has 1 aliphatic heterocycles. The van der Waals surface area contributed by atoms with Gasteiger partial charge in [0.25, 0.3) is 0 Å². The van der Waals surface area contributed by atoms with Gasteiger partial charge in [-0.15, -0.1) is 11.3 Å². The van der Waals surface area contributed by atoms with E-state index in [1.807, 2.05) is 23.1 Å². The Hall–Kier alpha value is -2.21. The topological polar surface area (TPSA) is 40.6 Å². The average Bonchev–Trinajstić information content (AvgIpc) is 3.09. The van der Waals surface area contributed by atoms with E-state index in [2.05, 4.69) is 0 Å². The Kier molecular flexibility index (Phi) is 5.48. The molecule has 6 heteroatoms. The molecule has 0 unspecified atom stereocenters. The van der Waals surface area contributed by atoms with Crippen LogP contribution in [0.4, 0.5) is 4.39 Å². The molecule has 2 heterocycles. The molecule has 0 spiro atoms. The molecule has 25 heavy (non-hydrogen) atoms. The van der Waals surface area contributed by atoms with Crippen LogP contribution in [0.2, 0.25) is 0 Å². The van der Waals surface area contributed by atoms with Crippen LogP contribution in [0.25, 0.3) is 10.4 Å². The number of carbonyl (C=O) groups excluding carboxylic acids is 2. The minimum atomic E-state index is -0.227. The van der Waals surface area contributed by atoms with Crippen LogP contribution in [0.1, 0.15) is 18.2 Å². The molecular weight excluding hydrogens is 339 g/mol. The smallest absolute Gasteiger partial charge is 0.223 e. The Labute approximate surface area is 150 Å². The van der Waals surface area contributed by atoms with Gasteiger partial charge in [0.05, 0.1) is 0 Å². The fourth-order valence-corrected chi connectivity index (χ4v) is 4.01. The van der Waals surface area contributed by atoms with E-state index >= 15 is 0 Å². The summed E-state index contributed by atoms with van der Waals surface area (Å²) in [6, 6.07) is 10.6. The Bertz CT molecular complexity index is 766. The third-order valence-corrected chi connectivity index (χ3v) is 5.64. The highest BCUT2D eigenvalue weighted by molar-refractivity contribution is 7.15. The van der Waals surface area contributed by atoms with Crippen molar-refractivity contribution in [3.8, 4) is 10.4 Å². The second kappa shape index (κ2) is 7.78. The summed E-state index contributed by atoms with van der Waals surface area (Å²) in [4.78, 5) is 29.2. The van der Waals surface area contributed by atoms with Crippen molar-refractivity contribution in [3.05, 3.63) is 47.1 Å². The Morgan fingerprint density at radius 2 is 1.72 bits per heavy atom. The predicted molar refractivity (Wildman–Crippen MR) is 96.9 cm³/mol. The first-order chi connectivity index (χ1) is 12.0. The molecule has 132 valence electrons. The standard InChI is InChI=1S/C19H21FN2O2S/c1-14(23)21-10-12-22(13-11-21)19(24)9-7-15-6-8-18(25-15)16-4-2-3-5-17(16)20/h2-6,8H,7,9-13H2,1H3. The maximum Gasteiger partial charge on any atom is 0.223 e. The summed E-state index contributed by atoms with van der Waals surface area (Å²) < 4.78 is 13.8. The summed E-state index contributed by atoms with van der Waals surface area (Å²) in [6.07, 6.45) is 1.10. The summed E-state index contributed by atoms with van der Waals surface area (Å²) in [7, 11) is 0. The Morgan fingerprint density at radius 1 is 1.04 bits per heavy atom. The normalized spacial score (nSPS) is 14.6. The Balaban J connectivity index is 1.53. The van der Waals surface area contributed by atoms with E-state index in [0.29, 0.717) is 44.6 Å². The van der Waals surface area contributed by atoms with E-state index < -0.39 is 0 Å². The fraction of sp³-hybridized carbons (Fsp3) is 0.368. The second-order valence-corrected chi connectivity index (χ2v) is 7.30. The molecule has 3 rings (SSSR count). The van der Waals surface area contributed by atoms with E-state index in [4.69, 9.17) is 0 Å². The van der Waals surface area contributed by atoms with Crippen LogP contribution >= 0.6 is 11.3 Å². The maximum atomic E-state index is 13.8. The van der Waals surface area contributed by atoms with Crippen molar-refractivity contribution in [2.24, 2.45) is 0 Å². The molecule has 0 atom stereocenters. The first kappa shape index (κ1) is 17.6. The molecular formula is C19H21FN2O2S. The van der Waals surface area contributed by atoms with E-state index in [0.717, 1.165) is 9.75 Å². The van der Waals surface area contributed by atoms with Crippen LogP contribution in [0.15, 0.2) is 36.4 Å². The lowest BCUT2D eigenvalue weighted by molar-refractivity contribution is -0.138. The predicted octanol–water partition coefficient (Wildman–Crippen LogP) is 3.18. The second-order valence-electron chi connectivity index (χ2n) is 6.13. The number of nitrogens with zero attached hydrogens (tertiary/aromatic N) is 2. The number of amides is 2. The molecule has 1 aromatic heterocycles. The quantitative estimate of drug-likeness (QED) is 0.840. The Morgan fingerprint density at radius 3 is 2.40 bits per heavy atom. The van der Waals surface area contributed by atoms with Gasteiger partial charge in [-0.1, -0.05) is 18.2 Å². The van der Waals surface area contributed by atoms with Crippen LogP contribution in [0.5, 0.6) is 0 Å². The van der Waals surface area contributed by atoms with E-state index in [9.17, 15) is 14.0 Å². The van der Waals surface area contributed by atoms with Crippen LogP contribution in [0, 0.1) is 5.82 Å². The van der Waals surface area contributed by atoms with Gasteiger partial charge in [0, 0.05) is 54.8 Å². The van der Waals surface area contributed by atoms with Gasteiger partial charge in [-0.05, 0) is 24.6 Å². The first-order valence-electron chi connectivity index (χ1n) is 8.41. The number of benzene rings is 1. The average molecular weight is 360 g/mol. The number of piperazine rings is 1. The molecule has 0 radical (unpaired) electrons. The number of hydrogen-bond acceptors (Lipinski definition) is 3. The monoisotopic (exact) mass is 360 g/mol. The molecule has 0 aliphatic carbocycles. The van der Waals surface area contributed by atoms with E-state index in [1.165, 1.54) is 17.4 Å². The summed E-state index contributed by atoms with van der Waals surface area (Å²) >= 11 is 1.53. The molecule has 2 amide bonds. The molecule has 1 aliphatic rings. The molecule has 1 aromatic carbocycles. The number of carbonyl (C=O) groups is 2. The van der Waals surface area contributed by atoms with Gasteiger partial charge < -0.3 is 9.80 Å². The number of halogens is 1. The van der Waals surface area contributed by atoms with Gasteiger partial charge in [0.1, 0.15) is 5.82 Å². The molecule has 2 aromatic rings.